The van der Waals surface area contributed by atoms with Gasteiger partial charge in [0, 0.05) is 6.92 Å². The second kappa shape index (κ2) is 6.64. The SMILES string of the molecule is CC(=O)O[C@@H](CCc1ccc(O)cc1)CC(=O)O. The van der Waals surface area contributed by atoms with E-state index in [4.69, 9.17) is 14.9 Å². The highest BCUT2D eigenvalue weighted by Gasteiger charge is 2.16. The third-order valence-corrected chi connectivity index (χ3v) is 2.43. The molecule has 0 aliphatic carbocycles. The van der Waals surface area contributed by atoms with E-state index in [0.717, 1.165) is 5.56 Å². The third-order valence-electron chi connectivity index (χ3n) is 2.43. The van der Waals surface area contributed by atoms with Crippen LogP contribution in [0.2, 0.25) is 0 Å². The van der Waals surface area contributed by atoms with Crippen molar-refractivity contribution in [1.29, 1.82) is 0 Å². The summed E-state index contributed by atoms with van der Waals surface area (Å²) in [7, 11) is 0. The molecule has 0 saturated carbocycles. The summed E-state index contributed by atoms with van der Waals surface area (Å²) in [4.78, 5) is 21.5. The molecule has 0 aliphatic rings. The van der Waals surface area contributed by atoms with Gasteiger partial charge in [0.05, 0.1) is 6.42 Å². The molecule has 18 heavy (non-hydrogen) atoms. The zero-order chi connectivity index (χ0) is 13.5. The number of carbonyl (C=O) groups is 2. The molecule has 0 unspecified atom stereocenters. The monoisotopic (exact) mass is 252 g/mol. The average molecular weight is 252 g/mol. The van der Waals surface area contributed by atoms with Crippen molar-refractivity contribution < 1.29 is 24.5 Å². The van der Waals surface area contributed by atoms with E-state index in [9.17, 15) is 9.59 Å². The lowest BCUT2D eigenvalue weighted by atomic mass is 10.0. The normalized spacial score (nSPS) is 11.8. The molecule has 0 saturated heterocycles. The lowest BCUT2D eigenvalue weighted by molar-refractivity contribution is -0.151. The number of phenolic OH excluding ortho intramolecular Hbond substituents is 1. The number of rotatable bonds is 6. The Morgan fingerprint density at radius 1 is 1.28 bits per heavy atom. The van der Waals surface area contributed by atoms with Gasteiger partial charge in [-0.15, -0.1) is 0 Å². The van der Waals surface area contributed by atoms with Crippen LogP contribution in [0.15, 0.2) is 24.3 Å². The zero-order valence-electron chi connectivity index (χ0n) is 10.1. The Labute approximate surface area is 105 Å². The Kier molecular flexibility index (Phi) is 5.17. The summed E-state index contributed by atoms with van der Waals surface area (Å²) < 4.78 is 4.94. The molecule has 0 bridgehead atoms. The van der Waals surface area contributed by atoms with Crippen molar-refractivity contribution in [2.45, 2.75) is 32.3 Å². The lowest BCUT2D eigenvalue weighted by Crippen LogP contribution is -2.20. The zero-order valence-corrected chi connectivity index (χ0v) is 10.1. The molecule has 0 heterocycles. The molecule has 5 heteroatoms. The van der Waals surface area contributed by atoms with Crippen LogP contribution in [0.4, 0.5) is 0 Å². The first-order valence-electron chi connectivity index (χ1n) is 5.64. The highest BCUT2D eigenvalue weighted by Crippen LogP contribution is 2.14. The minimum atomic E-state index is -0.994. The number of ether oxygens (including phenoxy) is 1. The number of hydrogen-bond donors (Lipinski definition) is 2. The van der Waals surface area contributed by atoms with Crippen LogP contribution in [0, 0.1) is 0 Å². The summed E-state index contributed by atoms with van der Waals surface area (Å²) in [5.41, 5.74) is 0.954. The maximum atomic E-state index is 10.8. The molecular formula is C13H16O5. The van der Waals surface area contributed by atoms with Crippen LogP contribution in [0.25, 0.3) is 0 Å². The summed E-state index contributed by atoms with van der Waals surface area (Å²) in [5, 5.41) is 17.8. The van der Waals surface area contributed by atoms with Gasteiger partial charge in [-0.3, -0.25) is 9.59 Å². The van der Waals surface area contributed by atoms with Gasteiger partial charge in [-0.1, -0.05) is 12.1 Å². The summed E-state index contributed by atoms with van der Waals surface area (Å²) in [6.45, 7) is 1.26. The van der Waals surface area contributed by atoms with Crippen LogP contribution < -0.4 is 0 Å². The number of benzene rings is 1. The van der Waals surface area contributed by atoms with Gasteiger partial charge in [0.1, 0.15) is 11.9 Å². The van der Waals surface area contributed by atoms with Gasteiger partial charge in [0.15, 0.2) is 0 Å². The molecule has 0 aliphatic heterocycles. The highest BCUT2D eigenvalue weighted by atomic mass is 16.5. The highest BCUT2D eigenvalue weighted by molar-refractivity contribution is 5.69. The molecule has 1 aromatic rings. The number of carboxylic acids is 1. The molecule has 1 atom stereocenters. The number of aliphatic carboxylic acids is 1. The molecule has 5 nitrogen and oxygen atoms in total. The topological polar surface area (TPSA) is 83.8 Å². The number of aryl methyl sites for hydroxylation is 1. The fraction of sp³-hybridized carbons (Fsp3) is 0.385. The molecule has 2 N–H and O–H groups in total. The predicted molar refractivity (Wildman–Crippen MR) is 64.2 cm³/mol. The Hall–Kier alpha value is -2.04. The van der Waals surface area contributed by atoms with Crippen molar-refractivity contribution in [3.05, 3.63) is 29.8 Å². The Balaban J connectivity index is 2.52. The molecule has 0 radical (unpaired) electrons. The molecule has 0 aromatic heterocycles. The first kappa shape index (κ1) is 14.0. The minimum absolute atomic E-state index is 0.181. The van der Waals surface area contributed by atoms with E-state index >= 15 is 0 Å². The van der Waals surface area contributed by atoms with E-state index in [0.29, 0.717) is 12.8 Å². The van der Waals surface area contributed by atoms with Gasteiger partial charge in [0.25, 0.3) is 0 Å². The van der Waals surface area contributed by atoms with E-state index in [-0.39, 0.29) is 12.2 Å². The van der Waals surface area contributed by atoms with Crippen molar-refractivity contribution in [2.24, 2.45) is 0 Å². The molecule has 0 spiro atoms. The van der Waals surface area contributed by atoms with Gasteiger partial charge in [-0.25, -0.2) is 0 Å². The summed E-state index contributed by atoms with van der Waals surface area (Å²) in [6.07, 6.45) is 0.216. The number of carboxylic acid groups (broad SMARTS) is 1. The van der Waals surface area contributed by atoms with Crippen LogP contribution in [-0.4, -0.2) is 28.3 Å². The first-order chi connectivity index (χ1) is 8.47. The maximum absolute atomic E-state index is 10.8. The van der Waals surface area contributed by atoms with Crippen molar-refractivity contribution in [3.8, 4) is 5.75 Å². The molecule has 1 aromatic carbocycles. The summed E-state index contributed by atoms with van der Waals surface area (Å²) in [5.74, 6) is -1.29. The predicted octanol–water partition coefficient (Wildman–Crippen LogP) is 1.73. The number of phenols is 1. The number of aromatic hydroxyl groups is 1. The smallest absolute Gasteiger partial charge is 0.307 e. The first-order valence-corrected chi connectivity index (χ1v) is 5.64. The second-order valence-corrected chi connectivity index (χ2v) is 4.03. The van der Waals surface area contributed by atoms with Crippen molar-refractivity contribution >= 4 is 11.9 Å². The summed E-state index contributed by atoms with van der Waals surface area (Å²) in [6, 6.07) is 6.63. The van der Waals surface area contributed by atoms with Crippen LogP contribution in [0.5, 0.6) is 5.75 Å². The lowest BCUT2D eigenvalue weighted by Gasteiger charge is -2.14. The van der Waals surface area contributed by atoms with E-state index in [1.165, 1.54) is 6.92 Å². The van der Waals surface area contributed by atoms with Crippen LogP contribution in [0.1, 0.15) is 25.3 Å². The fourth-order valence-electron chi connectivity index (χ4n) is 1.62. The Bertz CT molecular complexity index is 394. The Morgan fingerprint density at radius 2 is 1.89 bits per heavy atom. The Morgan fingerprint density at radius 3 is 2.39 bits per heavy atom. The van der Waals surface area contributed by atoms with Gasteiger partial charge in [0.2, 0.25) is 0 Å². The number of carbonyl (C=O) groups excluding carboxylic acids is 1. The van der Waals surface area contributed by atoms with Gasteiger partial charge >= 0.3 is 11.9 Å². The van der Waals surface area contributed by atoms with Gasteiger partial charge < -0.3 is 14.9 Å². The minimum Gasteiger partial charge on any atom is -0.508 e. The van der Waals surface area contributed by atoms with Gasteiger partial charge in [-0.2, -0.15) is 0 Å². The van der Waals surface area contributed by atoms with Crippen molar-refractivity contribution in [2.75, 3.05) is 0 Å². The van der Waals surface area contributed by atoms with E-state index in [2.05, 4.69) is 0 Å². The van der Waals surface area contributed by atoms with Crippen LogP contribution in [0.3, 0.4) is 0 Å². The average Bonchev–Trinajstić information content (AvgIpc) is 2.26. The van der Waals surface area contributed by atoms with Crippen molar-refractivity contribution in [3.63, 3.8) is 0 Å². The molecule has 0 amide bonds. The fourth-order valence-corrected chi connectivity index (χ4v) is 1.62. The third kappa shape index (κ3) is 5.34. The van der Waals surface area contributed by atoms with Crippen molar-refractivity contribution in [1.82, 2.24) is 0 Å². The van der Waals surface area contributed by atoms with E-state index in [1.807, 2.05) is 0 Å². The van der Waals surface area contributed by atoms with E-state index < -0.39 is 18.0 Å². The van der Waals surface area contributed by atoms with Gasteiger partial charge in [-0.05, 0) is 30.5 Å². The molecular weight excluding hydrogens is 236 g/mol. The molecule has 0 fully saturated rings. The quantitative estimate of drug-likeness (QED) is 0.753. The van der Waals surface area contributed by atoms with Crippen LogP contribution >= 0.6 is 0 Å². The van der Waals surface area contributed by atoms with Crippen LogP contribution in [-0.2, 0) is 20.7 Å². The standard InChI is InChI=1S/C13H16O5/c1-9(14)18-12(8-13(16)17)7-4-10-2-5-11(15)6-3-10/h2-3,5-6,12,15H,4,7-8H2,1H3,(H,16,17)/t12-/m0/s1. The maximum Gasteiger partial charge on any atom is 0.307 e. The molecule has 98 valence electrons. The number of hydrogen-bond acceptors (Lipinski definition) is 4. The van der Waals surface area contributed by atoms with E-state index in [1.54, 1.807) is 24.3 Å². The largest absolute Gasteiger partial charge is 0.508 e. The second-order valence-electron chi connectivity index (χ2n) is 4.03. The summed E-state index contributed by atoms with van der Waals surface area (Å²) >= 11 is 0. The molecule has 1 rings (SSSR count). The number of esters is 1.